The Morgan fingerprint density at radius 1 is 1.07 bits per heavy atom. The van der Waals surface area contributed by atoms with Crippen LogP contribution in [0.25, 0.3) is 0 Å². The smallest absolute Gasteiger partial charge is 0.322 e. The van der Waals surface area contributed by atoms with Gasteiger partial charge in [-0.15, -0.1) is 0 Å². The lowest BCUT2D eigenvalue weighted by atomic mass is 9.84. The first-order chi connectivity index (χ1) is 13.2. The number of rotatable bonds is 6. The number of aliphatic hydroxyl groups is 3. The second-order valence-electron chi connectivity index (χ2n) is 5.94. The van der Waals surface area contributed by atoms with Gasteiger partial charge >= 0.3 is 11.9 Å². The lowest BCUT2D eigenvalue weighted by Crippen LogP contribution is -2.18. The molecule has 1 fully saturated rings. The number of carbonyl (C=O) groups is 2. The Hall–Kier alpha value is -2.06. The number of esters is 2. The van der Waals surface area contributed by atoms with Crippen molar-refractivity contribution in [3.05, 3.63) is 47.6 Å². The van der Waals surface area contributed by atoms with Gasteiger partial charge in [0.2, 0.25) is 0 Å². The van der Waals surface area contributed by atoms with E-state index in [4.69, 9.17) is 25.8 Å². The number of carbonyl (C=O) groups excluding carboxylic acids is 2. The summed E-state index contributed by atoms with van der Waals surface area (Å²) >= 11 is 0. The van der Waals surface area contributed by atoms with Gasteiger partial charge in [-0.2, -0.15) is 0 Å². The minimum Gasteiger partial charge on any atom is -0.394 e. The van der Waals surface area contributed by atoms with Gasteiger partial charge in [-0.3, -0.25) is 9.59 Å². The fourth-order valence-corrected chi connectivity index (χ4v) is 2.24. The molecule has 7 nitrogen and oxygen atoms in total. The molecule has 1 aliphatic heterocycles. The summed E-state index contributed by atoms with van der Waals surface area (Å²) in [5, 5.41) is 23.5. The third kappa shape index (κ3) is 10.9. The number of nitrogens with two attached hydrogens (primary N) is 1. The molecular weight excluding hydrogens is 362 g/mol. The highest BCUT2D eigenvalue weighted by Gasteiger charge is 2.44. The molecule has 0 amide bonds. The van der Waals surface area contributed by atoms with Crippen molar-refractivity contribution < 1.29 is 29.6 Å². The van der Waals surface area contributed by atoms with E-state index in [2.05, 4.69) is 0 Å². The molecular formula is C21H35NO6. The van der Waals surface area contributed by atoms with E-state index < -0.39 is 23.8 Å². The van der Waals surface area contributed by atoms with Crippen molar-refractivity contribution in [2.75, 3.05) is 19.8 Å². The molecule has 0 aromatic rings. The average Bonchev–Trinajstić information content (AvgIpc) is 2.94. The Morgan fingerprint density at radius 3 is 1.93 bits per heavy atom. The summed E-state index contributed by atoms with van der Waals surface area (Å²) in [6.07, 6.45) is 10.7. The zero-order valence-electron chi connectivity index (χ0n) is 17.5. The van der Waals surface area contributed by atoms with Crippen LogP contribution in [0.4, 0.5) is 0 Å². The van der Waals surface area contributed by atoms with E-state index in [-0.39, 0.29) is 19.3 Å². The first-order valence-electron chi connectivity index (χ1n) is 9.19. The minimum atomic E-state index is -0.545. The lowest BCUT2D eigenvalue weighted by Gasteiger charge is -2.14. The van der Waals surface area contributed by atoms with Gasteiger partial charge < -0.3 is 25.8 Å². The highest BCUT2D eigenvalue weighted by Crippen LogP contribution is 2.33. The standard InChI is InChI=1S/C16H20O3.C3H9NO.C2H6O2/c1-5-8-11(4)12(9-6-2)14-13(10-7-3)15(17)19-16(14)18;1-3(5)2-4;3-1-2-4/h5-10,13-14H,1-4H3;3,5H,2,4H2,1H3;3-4H,1-2H2/b8-5+,9-6+,10-7+,12-11-;;. The van der Waals surface area contributed by atoms with E-state index in [0.29, 0.717) is 6.54 Å². The fourth-order valence-electron chi connectivity index (χ4n) is 2.24. The molecule has 0 spiro atoms. The molecule has 3 unspecified atom stereocenters. The van der Waals surface area contributed by atoms with Gasteiger partial charge in [0.15, 0.2) is 0 Å². The molecule has 0 aromatic heterocycles. The summed E-state index contributed by atoms with van der Waals surface area (Å²) in [5.74, 6) is -2.01. The molecule has 0 radical (unpaired) electrons. The maximum absolute atomic E-state index is 11.9. The summed E-state index contributed by atoms with van der Waals surface area (Å²) in [5.41, 5.74) is 6.72. The van der Waals surface area contributed by atoms with Gasteiger partial charge in [-0.1, -0.05) is 36.5 Å². The van der Waals surface area contributed by atoms with Crippen LogP contribution in [0, 0.1) is 11.8 Å². The predicted molar refractivity (Wildman–Crippen MR) is 110 cm³/mol. The molecule has 0 aliphatic carbocycles. The molecule has 1 rings (SSSR count). The normalized spacial score (nSPS) is 21.2. The van der Waals surface area contributed by atoms with Crippen molar-refractivity contribution in [2.45, 2.75) is 40.7 Å². The summed E-state index contributed by atoms with van der Waals surface area (Å²) < 4.78 is 4.77. The van der Waals surface area contributed by atoms with Crippen LogP contribution in [0.5, 0.6) is 0 Å². The summed E-state index contributed by atoms with van der Waals surface area (Å²) in [7, 11) is 0. The van der Waals surface area contributed by atoms with Crippen LogP contribution >= 0.6 is 0 Å². The number of hydrogen-bond acceptors (Lipinski definition) is 7. The second kappa shape index (κ2) is 17.1. The predicted octanol–water partition coefficient (Wildman–Crippen LogP) is 1.64. The van der Waals surface area contributed by atoms with Crippen molar-refractivity contribution in [2.24, 2.45) is 17.6 Å². The van der Waals surface area contributed by atoms with Crippen molar-refractivity contribution >= 4 is 11.9 Å². The molecule has 1 heterocycles. The monoisotopic (exact) mass is 397 g/mol. The third-order valence-electron chi connectivity index (χ3n) is 3.48. The summed E-state index contributed by atoms with van der Waals surface area (Å²) in [4.78, 5) is 23.6. The quantitative estimate of drug-likeness (QED) is 0.232. The van der Waals surface area contributed by atoms with Crippen LogP contribution in [-0.4, -0.2) is 53.1 Å². The Labute approximate surface area is 167 Å². The SMILES string of the molecule is C/C=C/C(C)=C(/C=C/C)C1C(=O)OC(=O)C1/C=C/C.CC(O)CN.OCCO. The molecule has 160 valence electrons. The number of cyclic esters (lactones) is 2. The van der Waals surface area contributed by atoms with Gasteiger partial charge in [0, 0.05) is 6.54 Å². The van der Waals surface area contributed by atoms with E-state index in [0.717, 1.165) is 11.1 Å². The number of allylic oxidation sites excluding steroid dienone is 6. The Balaban J connectivity index is 0. The first-order valence-corrected chi connectivity index (χ1v) is 9.19. The van der Waals surface area contributed by atoms with Crippen LogP contribution in [-0.2, 0) is 14.3 Å². The molecule has 1 aliphatic rings. The fraction of sp³-hybridized carbons (Fsp3) is 0.524. The van der Waals surface area contributed by atoms with E-state index in [1.807, 2.05) is 52.0 Å². The molecule has 28 heavy (non-hydrogen) atoms. The summed E-state index contributed by atoms with van der Waals surface area (Å²) in [6, 6.07) is 0. The van der Waals surface area contributed by atoms with E-state index in [1.54, 1.807) is 19.1 Å². The van der Waals surface area contributed by atoms with E-state index >= 15 is 0 Å². The van der Waals surface area contributed by atoms with Gasteiger partial charge in [0.1, 0.15) is 0 Å². The van der Waals surface area contributed by atoms with Gasteiger partial charge in [0.25, 0.3) is 0 Å². The van der Waals surface area contributed by atoms with Crippen molar-refractivity contribution in [3.63, 3.8) is 0 Å². The van der Waals surface area contributed by atoms with Crippen LogP contribution in [0.2, 0.25) is 0 Å². The largest absolute Gasteiger partial charge is 0.394 e. The molecule has 0 saturated carbocycles. The summed E-state index contributed by atoms with van der Waals surface area (Å²) in [6.45, 7) is 9.32. The zero-order chi connectivity index (χ0) is 22.1. The van der Waals surface area contributed by atoms with Gasteiger partial charge in [-0.05, 0) is 45.8 Å². The van der Waals surface area contributed by atoms with E-state index in [9.17, 15) is 9.59 Å². The Morgan fingerprint density at radius 2 is 1.57 bits per heavy atom. The van der Waals surface area contributed by atoms with Crippen LogP contribution in [0.15, 0.2) is 47.6 Å². The maximum Gasteiger partial charge on any atom is 0.322 e. The van der Waals surface area contributed by atoms with E-state index in [1.165, 1.54) is 0 Å². The van der Waals surface area contributed by atoms with Crippen molar-refractivity contribution in [1.82, 2.24) is 0 Å². The molecule has 5 N–H and O–H groups in total. The number of ether oxygens (including phenoxy) is 1. The second-order valence-corrected chi connectivity index (χ2v) is 5.94. The van der Waals surface area contributed by atoms with Gasteiger partial charge in [0.05, 0.1) is 31.2 Å². The highest BCUT2D eigenvalue weighted by molar-refractivity contribution is 5.99. The van der Waals surface area contributed by atoms with Gasteiger partial charge in [-0.25, -0.2) is 0 Å². The van der Waals surface area contributed by atoms with Crippen LogP contribution in [0.3, 0.4) is 0 Å². The van der Waals surface area contributed by atoms with Crippen LogP contribution < -0.4 is 5.73 Å². The first kappa shape index (κ1) is 28.2. The molecule has 1 saturated heterocycles. The highest BCUT2D eigenvalue weighted by atomic mass is 16.6. The topological polar surface area (TPSA) is 130 Å². The number of hydrogen-bond donors (Lipinski definition) is 4. The number of aliphatic hydroxyl groups excluding tert-OH is 3. The van der Waals surface area contributed by atoms with Crippen molar-refractivity contribution in [3.8, 4) is 0 Å². The average molecular weight is 398 g/mol. The van der Waals surface area contributed by atoms with Crippen molar-refractivity contribution in [1.29, 1.82) is 0 Å². The molecule has 3 atom stereocenters. The lowest BCUT2D eigenvalue weighted by molar-refractivity contribution is -0.153. The molecule has 0 aromatic carbocycles. The third-order valence-corrected chi connectivity index (χ3v) is 3.48. The molecule has 7 heteroatoms. The Bertz CT molecular complexity index is 573. The zero-order valence-corrected chi connectivity index (χ0v) is 17.5. The molecule has 0 bridgehead atoms. The Kier molecular flexibility index (Phi) is 17.2. The van der Waals surface area contributed by atoms with Crippen LogP contribution in [0.1, 0.15) is 34.6 Å². The minimum absolute atomic E-state index is 0.125. The maximum atomic E-state index is 11.9.